The number of carbonyl (C=O) groups is 2. The molecule has 0 spiro atoms. The van der Waals surface area contributed by atoms with Crippen LogP contribution in [0.2, 0.25) is 0 Å². The highest BCUT2D eigenvalue weighted by atomic mass is 16.5. The van der Waals surface area contributed by atoms with E-state index >= 15 is 0 Å². The van der Waals surface area contributed by atoms with E-state index in [1.54, 1.807) is 25.1 Å². The number of fused-ring (bicyclic) bond motifs is 1. The third-order valence-corrected chi connectivity index (χ3v) is 4.21. The summed E-state index contributed by atoms with van der Waals surface area (Å²) in [6.45, 7) is 1.69. The third-order valence-electron chi connectivity index (χ3n) is 4.21. The second kappa shape index (κ2) is 5.87. The van der Waals surface area contributed by atoms with Gasteiger partial charge in [0.25, 0.3) is 5.91 Å². The van der Waals surface area contributed by atoms with Crippen molar-refractivity contribution in [3.8, 4) is 5.75 Å². The Balaban J connectivity index is 1.76. The lowest BCUT2D eigenvalue weighted by atomic mass is 10.1. The van der Waals surface area contributed by atoms with Crippen LogP contribution < -0.4 is 20.7 Å². The molecule has 0 radical (unpaired) electrons. The number of ether oxygens (including phenoxy) is 1. The van der Waals surface area contributed by atoms with Crippen LogP contribution in [0.25, 0.3) is 0 Å². The lowest BCUT2D eigenvalue weighted by Crippen LogP contribution is -2.49. The highest BCUT2D eigenvalue weighted by molar-refractivity contribution is 6.03. The standard InChI is InChI=1S/C16H21N3O3/c1-10-16(21)19(9-15(20)18-12-4-2-3-5-12)13-7-6-11(17)8-14(13)22-10/h6-8,10,12H,2-5,9,17H2,1H3,(H,18,20). The van der Waals surface area contributed by atoms with Crippen LogP contribution in [0.3, 0.4) is 0 Å². The topological polar surface area (TPSA) is 84.7 Å². The Morgan fingerprint density at radius 1 is 1.41 bits per heavy atom. The molecule has 22 heavy (non-hydrogen) atoms. The summed E-state index contributed by atoms with van der Waals surface area (Å²) in [6, 6.07) is 5.34. The minimum absolute atomic E-state index is 0.0138. The molecule has 2 amide bonds. The Kier molecular flexibility index (Phi) is 3.92. The Bertz CT molecular complexity index is 596. The lowest BCUT2D eigenvalue weighted by molar-refractivity contribution is -0.128. The van der Waals surface area contributed by atoms with Crippen molar-refractivity contribution in [2.24, 2.45) is 0 Å². The number of anilines is 2. The van der Waals surface area contributed by atoms with Crippen LogP contribution >= 0.6 is 0 Å². The highest BCUT2D eigenvalue weighted by Gasteiger charge is 2.33. The minimum Gasteiger partial charge on any atom is -0.479 e. The van der Waals surface area contributed by atoms with Crippen LogP contribution in [-0.4, -0.2) is 30.5 Å². The van der Waals surface area contributed by atoms with Gasteiger partial charge in [-0.25, -0.2) is 0 Å². The molecule has 6 nitrogen and oxygen atoms in total. The average Bonchev–Trinajstić information content (AvgIpc) is 2.96. The summed E-state index contributed by atoms with van der Waals surface area (Å²) >= 11 is 0. The Labute approximate surface area is 129 Å². The Morgan fingerprint density at radius 3 is 2.86 bits per heavy atom. The summed E-state index contributed by atoms with van der Waals surface area (Å²) in [6.07, 6.45) is 3.73. The molecule has 118 valence electrons. The van der Waals surface area contributed by atoms with E-state index in [0.29, 0.717) is 17.1 Å². The summed E-state index contributed by atoms with van der Waals surface area (Å²) in [4.78, 5) is 26.0. The molecule has 0 bridgehead atoms. The van der Waals surface area contributed by atoms with Gasteiger partial charge in [0.05, 0.1) is 5.69 Å². The first-order valence-corrected chi connectivity index (χ1v) is 7.71. The van der Waals surface area contributed by atoms with E-state index in [1.165, 1.54) is 4.90 Å². The molecule has 6 heteroatoms. The van der Waals surface area contributed by atoms with E-state index in [0.717, 1.165) is 25.7 Å². The van der Waals surface area contributed by atoms with Gasteiger partial charge < -0.3 is 15.8 Å². The van der Waals surface area contributed by atoms with Crippen molar-refractivity contribution < 1.29 is 14.3 Å². The quantitative estimate of drug-likeness (QED) is 0.828. The Hall–Kier alpha value is -2.24. The molecule has 1 aliphatic heterocycles. The van der Waals surface area contributed by atoms with E-state index in [-0.39, 0.29) is 24.4 Å². The number of carbonyl (C=O) groups excluding carboxylic acids is 2. The van der Waals surface area contributed by atoms with Gasteiger partial charge in [0.2, 0.25) is 5.91 Å². The number of amides is 2. The van der Waals surface area contributed by atoms with Crippen molar-refractivity contribution in [3.63, 3.8) is 0 Å². The smallest absolute Gasteiger partial charge is 0.268 e. The van der Waals surface area contributed by atoms with Crippen LogP contribution in [0.1, 0.15) is 32.6 Å². The van der Waals surface area contributed by atoms with Crippen LogP contribution in [-0.2, 0) is 9.59 Å². The molecule has 1 fully saturated rings. The first-order valence-electron chi connectivity index (χ1n) is 7.71. The fourth-order valence-electron chi connectivity index (χ4n) is 3.08. The predicted octanol–water partition coefficient (Wildman–Crippen LogP) is 1.44. The van der Waals surface area contributed by atoms with Crippen molar-refractivity contribution in [2.45, 2.75) is 44.8 Å². The number of hydrogen-bond acceptors (Lipinski definition) is 4. The van der Waals surface area contributed by atoms with E-state index in [1.807, 2.05) is 0 Å². The van der Waals surface area contributed by atoms with Crippen LogP contribution in [0.15, 0.2) is 18.2 Å². The van der Waals surface area contributed by atoms with Gasteiger partial charge in [-0.1, -0.05) is 12.8 Å². The third kappa shape index (κ3) is 2.86. The van der Waals surface area contributed by atoms with Crippen LogP contribution in [0.4, 0.5) is 11.4 Å². The molecule has 3 rings (SSSR count). The fourth-order valence-corrected chi connectivity index (χ4v) is 3.08. The van der Waals surface area contributed by atoms with E-state index in [9.17, 15) is 9.59 Å². The zero-order valence-electron chi connectivity index (χ0n) is 12.7. The van der Waals surface area contributed by atoms with Gasteiger partial charge in [0.15, 0.2) is 6.10 Å². The molecule has 1 aromatic rings. The number of nitrogens with zero attached hydrogens (tertiary/aromatic N) is 1. The summed E-state index contributed by atoms with van der Waals surface area (Å²) < 4.78 is 5.57. The number of hydrogen-bond donors (Lipinski definition) is 2. The first kappa shape index (κ1) is 14.7. The summed E-state index contributed by atoms with van der Waals surface area (Å²) in [5, 5.41) is 3.01. The maximum absolute atomic E-state index is 12.3. The molecule has 3 N–H and O–H groups in total. The fraction of sp³-hybridized carbons (Fsp3) is 0.500. The zero-order valence-corrected chi connectivity index (χ0v) is 12.7. The normalized spacial score (nSPS) is 21.4. The van der Waals surface area contributed by atoms with E-state index in [4.69, 9.17) is 10.5 Å². The van der Waals surface area contributed by atoms with Crippen molar-refractivity contribution in [3.05, 3.63) is 18.2 Å². The van der Waals surface area contributed by atoms with Gasteiger partial charge >= 0.3 is 0 Å². The molecule has 2 aliphatic rings. The molecule has 0 saturated heterocycles. The summed E-state index contributed by atoms with van der Waals surface area (Å²) in [7, 11) is 0. The molecule has 1 saturated carbocycles. The summed E-state index contributed by atoms with van der Waals surface area (Å²) in [5.74, 6) is 0.205. The molecule has 1 unspecified atom stereocenters. The highest BCUT2D eigenvalue weighted by Crippen LogP contribution is 2.35. The number of nitrogen functional groups attached to an aromatic ring is 1. The molecular formula is C16H21N3O3. The van der Waals surface area contributed by atoms with Crippen molar-refractivity contribution in [1.29, 1.82) is 0 Å². The van der Waals surface area contributed by atoms with Crippen LogP contribution in [0, 0.1) is 0 Å². The number of nitrogens with two attached hydrogens (primary N) is 1. The van der Waals surface area contributed by atoms with Crippen molar-refractivity contribution in [2.75, 3.05) is 17.2 Å². The maximum atomic E-state index is 12.3. The van der Waals surface area contributed by atoms with Gasteiger partial charge in [-0.3, -0.25) is 14.5 Å². The van der Waals surface area contributed by atoms with Gasteiger partial charge in [-0.2, -0.15) is 0 Å². The molecule has 1 aromatic carbocycles. The maximum Gasteiger partial charge on any atom is 0.268 e. The second-order valence-corrected chi connectivity index (χ2v) is 5.96. The first-order chi connectivity index (χ1) is 10.5. The number of nitrogens with one attached hydrogen (secondary N) is 1. The van der Waals surface area contributed by atoms with Gasteiger partial charge in [-0.15, -0.1) is 0 Å². The van der Waals surface area contributed by atoms with E-state index < -0.39 is 6.10 Å². The number of rotatable bonds is 3. The second-order valence-electron chi connectivity index (χ2n) is 5.96. The number of benzene rings is 1. The largest absolute Gasteiger partial charge is 0.479 e. The summed E-state index contributed by atoms with van der Waals surface area (Å²) in [5.41, 5.74) is 6.92. The van der Waals surface area contributed by atoms with Gasteiger partial charge in [0.1, 0.15) is 12.3 Å². The van der Waals surface area contributed by atoms with Crippen molar-refractivity contribution >= 4 is 23.2 Å². The van der Waals surface area contributed by atoms with Crippen molar-refractivity contribution in [1.82, 2.24) is 5.32 Å². The molecule has 1 atom stereocenters. The van der Waals surface area contributed by atoms with Gasteiger partial charge in [-0.05, 0) is 31.9 Å². The molecule has 1 heterocycles. The monoisotopic (exact) mass is 303 g/mol. The van der Waals surface area contributed by atoms with Crippen LogP contribution in [0.5, 0.6) is 5.75 Å². The predicted molar refractivity (Wildman–Crippen MR) is 83.7 cm³/mol. The SMILES string of the molecule is CC1Oc2cc(N)ccc2N(CC(=O)NC2CCCC2)C1=O. The zero-order chi connectivity index (χ0) is 15.7. The molecule has 1 aliphatic carbocycles. The van der Waals surface area contributed by atoms with Gasteiger partial charge in [0, 0.05) is 17.8 Å². The lowest BCUT2D eigenvalue weighted by Gasteiger charge is -2.33. The molecular weight excluding hydrogens is 282 g/mol. The Morgan fingerprint density at radius 2 is 2.14 bits per heavy atom. The minimum atomic E-state index is -0.617. The molecule has 0 aromatic heterocycles. The van der Waals surface area contributed by atoms with E-state index in [2.05, 4.69) is 5.32 Å². The average molecular weight is 303 g/mol.